The molecule has 0 spiro atoms. The molecule has 0 aliphatic rings. The van der Waals surface area contributed by atoms with Gasteiger partial charge in [-0.05, 0) is 50.1 Å². The molecule has 1 heterocycles. The predicted octanol–water partition coefficient (Wildman–Crippen LogP) is 4.59. The molecule has 0 saturated heterocycles. The van der Waals surface area contributed by atoms with E-state index in [2.05, 4.69) is 11.1 Å². The molecule has 0 aliphatic heterocycles. The number of H-pyrrole nitrogens is 1. The normalized spacial score (nSPS) is 11.3. The lowest BCUT2D eigenvalue weighted by Crippen LogP contribution is -2.25. The Balaban J connectivity index is 2.12. The molecule has 25 heavy (non-hydrogen) atoms. The zero-order chi connectivity index (χ0) is 18.0. The molecular weight excluding hydrogens is 312 g/mol. The average Bonchev–Trinajstić information content (AvgIpc) is 2.91. The third-order valence-electron chi connectivity index (χ3n) is 3.84. The number of nitrogens with zero attached hydrogens (tertiary/aromatic N) is 1. The van der Waals surface area contributed by atoms with Crippen molar-refractivity contribution in [2.75, 3.05) is 0 Å². The Labute approximate surface area is 147 Å². The number of aromatic amines is 1. The molecule has 2 aromatic carbocycles. The second-order valence-electron chi connectivity index (χ2n) is 6.98. The van der Waals surface area contributed by atoms with Crippen molar-refractivity contribution in [2.24, 2.45) is 0 Å². The van der Waals surface area contributed by atoms with Crippen molar-refractivity contribution in [3.63, 3.8) is 0 Å². The Kier molecular flexibility index (Phi) is 4.33. The highest BCUT2D eigenvalue weighted by molar-refractivity contribution is 5.94. The molecule has 4 heteroatoms. The molecular formula is C21H20N2O2. The summed E-state index contributed by atoms with van der Waals surface area (Å²) in [5.41, 5.74) is 3.67. The quantitative estimate of drug-likeness (QED) is 0.713. The monoisotopic (exact) mass is 332 g/mol. The summed E-state index contributed by atoms with van der Waals surface area (Å²) in [7, 11) is 0. The molecule has 3 aromatic rings. The van der Waals surface area contributed by atoms with E-state index in [1.165, 1.54) is 0 Å². The van der Waals surface area contributed by atoms with E-state index in [4.69, 9.17) is 4.74 Å². The number of nitriles is 1. The first-order valence-corrected chi connectivity index (χ1v) is 8.19. The van der Waals surface area contributed by atoms with E-state index in [-0.39, 0.29) is 12.4 Å². The molecule has 1 N–H and O–H groups in total. The first kappa shape index (κ1) is 16.8. The van der Waals surface area contributed by atoms with Gasteiger partial charge in [0, 0.05) is 10.9 Å². The molecule has 0 aliphatic carbocycles. The molecule has 0 amide bonds. The van der Waals surface area contributed by atoms with Gasteiger partial charge < -0.3 is 9.72 Å². The van der Waals surface area contributed by atoms with E-state index in [1.54, 1.807) is 6.07 Å². The Morgan fingerprint density at radius 3 is 2.52 bits per heavy atom. The van der Waals surface area contributed by atoms with Gasteiger partial charge in [-0.1, -0.05) is 30.3 Å². The summed E-state index contributed by atoms with van der Waals surface area (Å²) >= 11 is 0. The molecule has 0 saturated carbocycles. The van der Waals surface area contributed by atoms with Crippen LogP contribution in [0.5, 0.6) is 0 Å². The van der Waals surface area contributed by atoms with Gasteiger partial charge in [0.05, 0.1) is 23.7 Å². The van der Waals surface area contributed by atoms with E-state index < -0.39 is 5.60 Å². The third kappa shape index (κ3) is 3.72. The summed E-state index contributed by atoms with van der Waals surface area (Å²) in [4.78, 5) is 15.8. The van der Waals surface area contributed by atoms with Crippen LogP contribution in [0, 0.1) is 11.3 Å². The van der Waals surface area contributed by atoms with Crippen molar-refractivity contribution in [3.8, 4) is 17.3 Å². The minimum Gasteiger partial charge on any atom is -0.460 e. The second kappa shape index (κ2) is 6.45. The van der Waals surface area contributed by atoms with Crippen molar-refractivity contribution in [3.05, 3.63) is 59.7 Å². The minimum absolute atomic E-state index is 0.149. The molecule has 0 atom stereocenters. The van der Waals surface area contributed by atoms with Gasteiger partial charge in [0.25, 0.3) is 0 Å². The van der Waals surface area contributed by atoms with Crippen molar-refractivity contribution in [2.45, 2.75) is 32.8 Å². The van der Waals surface area contributed by atoms with Gasteiger partial charge in [-0.15, -0.1) is 0 Å². The van der Waals surface area contributed by atoms with E-state index >= 15 is 0 Å². The van der Waals surface area contributed by atoms with Crippen LogP contribution in [0.2, 0.25) is 0 Å². The zero-order valence-corrected chi connectivity index (χ0v) is 14.6. The van der Waals surface area contributed by atoms with Crippen LogP contribution in [0.15, 0.2) is 48.5 Å². The van der Waals surface area contributed by atoms with E-state index in [1.807, 2.05) is 63.2 Å². The number of hydrogen-bond donors (Lipinski definition) is 1. The Bertz CT molecular complexity index is 957. The van der Waals surface area contributed by atoms with Crippen LogP contribution in [0.25, 0.3) is 22.2 Å². The largest absolute Gasteiger partial charge is 0.460 e. The SMILES string of the molecule is CC(C)(C)OC(=O)Cc1c(-c2ccccc2)[nH]c2ccc(C#N)cc12. The minimum atomic E-state index is -0.534. The number of carbonyl (C=O) groups is 1. The van der Waals surface area contributed by atoms with Crippen LogP contribution in [0.3, 0.4) is 0 Å². The van der Waals surface area contributed by atoms with Gasteiger partial charge in [-0.2, -0.15) is 5.26 Å². The lowest BCUT2D eigenvalue weighted by atomic mass is 10.0. The number of esters is 1. The first-order chi connectivity index (χ1) is 11.9. The molecule has 1 aromatic heterocycles. The molecule has 0 fully saturated rings. The summed E-state index contributed by atoms with van der Waals surface area (Å²) in [5.74, 6) is -0.284. The molecule has 0 radical (unpaired) electrons. The number of nitrogens with one attached hydrogen (secondary N) is 1. The molecule has 3 rings (SSSR count). The van der Waals surface area contributed by atoms with E-state index in [0.29, 0.717) is 5.56 Å². The fourth-order valence-corrected chi connectivity index (χ4v) is 2.87. The molecule has 4 nitrogen and oxygen atoms in total. The Morgan fingerprint density at radius 2 is 1.88 bits per heavy atom. The Morgan fingerprint density at radius 1 is 1.16 bits per heavy atom. The number of hydrogen-bond acceptors (Lipinski definition) is 3. The van der Waals surface area contributed by atoms with Crippen LogP contribution in [0.4, 0.5) is 0 Å². The van der Waals surface area contributed by atoms with Gasteiger partial charge in [-0.25, -0.2) is 0 Å². The van der Waals surface area contributed by atoms with Crippen LogP contribution < -0.4 is 0 Å². The standard InChI is InChI=1S/C21H20N2O2/c1-21(2,3)25-19(24)12-17-16-11-14(13-22)9-10-18(16)23-20(17)15-7-5-4-6-8-15/h4-11,23H,12H2,1-3H3. The number of ether oxygens (including phenoxy) is 1. The highest BCUT2D eigenvalue weighted by Gasteiger charge is 2.21. The fraction of sp³-hybridized carbons (Fsp3) is 0.238. The van der Waals surface area contributed by atoms with Gasteiger partial charge in [0.1, 0.15) is 5.60 Å². The fourth-order valence-electron chi connectivity index (χ4n) is 2.87. The van der Waals surface area contributed by atoms with Crippen LogP contribution >= 0.6 is 0 Å². The second-order valence-corrected chi connectivity index (χ2v) is 6.98. The summed E-state index contributed by atoms with van der Waals surface area (Å²) in [6.07, 6.45) is 0.149. The van der Waals surface area contributed by atoms with E-state index in [9.17, 15) is 10.1 Å². The van der Waals surface area contributed by atoms with E-state index in [0.717, 1.165) is 27.7 Å². The highest BCUT2D eigenvalue weighted by atomic mass is 16.6. The summed E-state index contributed by atoms with van der Waals surface area (Å²) < 4.78 is 5.49. The van der Waals surface area contributed by atoms with Crippen molar-refractivity contribution in [1.29, 1.82) is 5.26 Å². The lowest BCUT2D eigenvalue weighted by Gasteiger charge is -2.19. The first-order valence-electron chi connectivity index (χ1n) is 8.19. The van der Waals surface area contributed by atoms with Crippen molar-refractivity contribution < 1.29 is 9.53 Å². The van der Waals surface area contributed by atoms with Crippen molar-refractivity contribution >= 4 is 16.9 Å². The summed E-state index contributed by atoms with van der Waals surface area (Å²) in [6.45, 7) is 5.56. The average molecular weight is 332 g/mol. The Hall–Kier alpha value is -3.06. The van der Waals surface area contributed by atoms with Gasteiger partial charge in [0.15, 0.2) is 0 Å². The van der Waals surface area contributed by atoms with Gasteiger partial charge >= 0.3 is 5.97 Å². The summed E-state index contributed by atoms with van der Waals surface area (Å²) in [5, 5.41) is 10.1. The maximum Gasteiger partial charge on any atom is 0.310 e. The van der Waals surface area contributed by atoms with Crippen LogP contribution in [-0.4, -0.2) is 16.6 Å². The smallest absolute Gasteiger partial charge is 0.310 e. The molecule has 0 unspecified atom stereocenters. The van der Waals surface area contributed by atoms with Crippen molar-refractivity contribution in [1.82, 2.24) is 4.98 Å². The topological polar surface area (TPSA) is 65.9 Å². The highest BCUT2D eigenvalue weighted by Crippen LogP contribution is 2.32. The van der Waals surface area contributed by atoms with Crippen LogP contribution in [0.1, 0.15) is 31.9 Å². The number of aromatic nitrogens is 1. The zero-order valence-electron chi connectivity index (χ0n) is 14.6. The summed E-state index contributed by atoms with van der Waals surface area (Å²) in [6, 6.07) is 17.5. The maximum atomic E-state index is 12.4. The number of rotatable bonds is 3. The van der Waals surface area contributed by atoms with Gasteiger partial charge in [-0.3, -0.25) is 4.79 Å². The van der Waals surface area contributed by atoms with Gasteiger partial charge in [0.2, 0.25) is 0 Å². The molecule has 0 bridgehead atoms. The molecule has 126 valence electrons. The number of fused-ring (bicyclic) bond motifs is 1. The number of benzene rings is 2. The third-order valence-corrected chi connectivity index (χ3v) is 3.84. The number of carbonyl (C=O) groups excluding carboxylic acids is 1. The lowest BCUT2D eigenvalue weighted by molar-refractivity contribution is -0.153. The predicted molar refractivity (Wildman–Crippen MR) is 98.0 cm³/mol. The maximum absolute atomic E-state index is 12.4. The van der Waals surface area contributed by atoms with Crippen LogP contribution in [-0.2, 0) is 16.0 Å².